The molecule has 0 atom stereocenters. The van der Waals surface area contributed by atoms with E-state index >= 15 is 0 Å². The van der Waals surface area contributed by atoms with Crippen molar-refractivity contribution in [3.63, 3.8) is 0 Å². The number of aromatic amines is 2. The topological polar surface area (TPSA) is 113 Å². The molecular weight excluding hydrogens is 406 g/mol. The first kappa shape index (κ1) is 21.3. The average molecular weight is 431 g/mol. The number of para-hydroxylation sites is 1. The highest BCUT2D eigenvalue weighted by atomic mass is 16.5. The maximum Gasteiger partial charge on any atom is 0.345 e. The molecule has 2 heterocycles. The van der Waals surface area contributed by atoms with Crippen LogP contribution in [0.3, 0.4) is 0 Å². The van der Waals surface area contributed by atoms with Gasteiger partial charge in [0.25, 0.3) is 0 Å². The lowest BCUT2D eigenvalue weighted by Gasteiger charge is -2.13. The van der Waals surface area contributed by atoms with E-state index in [1.807, 2.05) is 48.5 Å². The molecule has 1 amide bonds. The third kappa shape index (κ3) is 4.54. The predicted octanol–water partition coefficient (Wildman–Crippen LogP) is 4.36. The summed E-state index contributed by atoms with van der Waals surface area (Å²) in [5.74, 6) is 1.40. The second-order valence-electron chi connectivity index (χ2n) is 7.92. The molecule has 164 valence electrons. The third-order valence-electron chi connectivity index (χ3n) is 4.93. The quantitative estimate of drug-likeness (QED) is 0.402. The normalized spacial score (nSPS) is 11.1. The molecule has 0 bridgehead atoms. The Morgan fingerprint density at radius 3 is 2.75 bits per heavy atom. The number of benzene rings is 2. The molecule has 2 aromatic heterocycles. The highest BCUT2D eigenvalue weighted by Crippen LogP contribution is 2.31. The Morgan fingerprint density at radius 2 is 1.97 bits per heavy atom. The van der Waals surface area contributed by atoms with E-state index in [1.54, 1.807) is 6.92 Å². The molecule has 0 saturated carbocycles. The second kappa shape index (κ2) is 9.05. The number of rotatable bonds is 7. The van der Waals surface area contributed by atoms with Crippen molar-refractivity contribution in [2.45, 2.75) is 27.2 Å². The van der Waals surface area contributed by atoms with E-state index in [1.165, 1.54) is 0 Å². The molecule has 4 rings (SSSR count). The van der Waals surface area contributed by atoms with E-state index in [9.17, 15) is 9.59 Å². The standard InChI is InChI=1S/C24H25N5O3/c1-4-22(30)27-23-17-11-15(9-10-18(17)28-29-23)19-12-20(26-24(31)25-19)16-7-5-6-8-21(16)32-13-14(2)3/h5-12,14H,4,13H2,1-3H3,(H,25,26,31)(H2,27,28,29,30). The van der Waals surface area contributed by atoms with Gasteiger partial charge in [-0.3, -0.25) is 9.89 Å². The van der Waals surface area contributed by atoms with Crippen LogP contribution < -0.4 is 15.7 Å². The van der Waals surface area contributed by atoms with Crippen molar-refractivity contribution in [1.29, 1.82) is 0 Å². The van der Waals surface area contributed by atoms with Gasteiger partial charge < -0.3 is 15.0 Å². The number of hydrogen-bond donors (Lipinski definition) is 3. The van der Waals surface area contributed by atoms with E-state index in [0.717, 1.165) is 22.0 Å². The van der Waals surface area contributed by atoms with Crippen molar-refractivity contribution in [2.75, 3.05) is 11.9 Å². The zero-order valence-corrected chi connectivity index (χ0v) is 18.2. The van der Waals surface area contributed by atoms with Crippen molar-refractivity contribution in [2.24, 2.45) is 5.92 Å². The first-order valence-corrected chi connectivity index (χ1v) is 10.6. The summed E-state index contributed by atoms with van der Waals surface area (Å²) in [6.07, 6.45) is 0.352. The van der Waals surface area contributed by atoms with Crippen molar-refractivity contribution in [3.05, 3.63) is 59.0 Å². The molecule has 0 saturated heterocycles. The van der Waals surface area contributed by atoms with Gasteiger partial charge in [-0.05, 0) is 36.2 Å². The Bertz CT molecular complexity index is 1320. The summed E-state index contributed by atoms with van der Waals surface area (Å²) < 4.78 is 5.95. The Hall–Kier alpha value is -3.94. The van der Waals surface area contributed by atoms with Gasteiger partial charge in [0.05, 0.1) is 23.5 Å². The highest BCUT2D eigenvalue weighted by Gasteiger charge is 2.13. The summed E-state index contributed by atoms with van der Waals surface area (Å²) in [6, 6.07) is 15.0. The van der Waals surface area contributed by atoms with Crippen molar-refractivity contribution >= 4 is 22.6 Å². The van der Waals surface area contributed by atoms with Crippen LogP contribution in [0, 0.1) is 5.92 Å². The number of nitrogens with zero attached hydrogens (tertiary/aromatic N) is 2. The van der Waals surface area contributed by atoms with E-state index in [0.29, 0.717) is 41.9 Å². The monoisotopic (exact) mass is 431 g/mol. The average Bonchev–Trinajstić information content (AvgIpc) is 3.19. The number of H-pyrrole nitrogens is 2. The fraction of sp³-hybridized carbons (Fsp3) is 0.250. The highest BCUT2D eigenvalue weighted by molar-refractivity contribution is 6.00. The lowest BCUT2D eigenvalue weighted by atomic mass is 10.1. The SMILES string of the molecule is CCC(=O)Nc1n[nH]c2ccc(-c3cc(-c4ccccc4OCC(C)C)[nH]c(=O)n3)cc12. The molecule has 0 radical (unpaired) electrons. The van der Waals surface area contributed by atoms with E-state index in [-0.39, 0.29) is 5.91 Å². The minimum Gasteiger partial charge on any atom is -0.493 e. The summed E-state index contributed by atoms with van der Waals surface area (Å²) in [4.78, 5) is 31.2. The first-order chi connectivity index (χ1) is 15.4. The number of ether oxygens (including phenoxy) is 1. The molecule has 0 spiro atoms. The fourth-order valence-electron chi connectivity index (χ4n) is 3.31. The van der Waals surface area contributed by atoms with Gasteiger partial charge in [0.2, 0.25) is 5.91 Å². The number of carbonyl (C=O) groups is 1. The molecule has 0 fully saturated rings. The van der Waals surface area contributed by atoms with E-state index in [2.05, 4.69) is 39.3 Å². The van der Waals surface area contributed by atoms with Gasteiger partial charge in [-0.2, -0.15) is 10.1 Å². The smallest absolute Gasteiger partial charge is 0.345 e. The molecule has 2 aromatic carbocycles. The number of nitrogens with one attached hydrogen (secondary N) is 3. The molecule has 4 aromatic rings. The minimum atomic E-state index is -0.456. The van der Waals surface area contributed by atoms with Gasteiger partial charge in [0, 0.05) is 22.9 Å². The van der Waals surface area contributed by atoms with Crippen molar-refractivity contribution < 1.29 is 9.53 Å². The van der Waals surface area contributed by atoms with Crippen LogP contribution in [0.15, 0.2) is 53.3 Å². The molecular formula is C24H25N5O3. The number of hydrogen-bond acceptors (Lipinski definition) is 5. The van der Waals surface area contributed by atoms with E-state index < -0.39 is 5.69 Å². The molecule has 0 aliphatic carbocycles. The Kier molecular flexibility index (Phi) is 6.02. The molecule has 8 heteroatoms. The minimum absolute atomic E-state index is 0.127. The van der Waals surface area contributed by atoms with Gasteiger partial charge in [-0.1, -0.05) is 39.0 Å². The molecule has 0 aliphatic heterocycles. The zero-order valence-electron chi connectivity index (χ0n) is 18.2. The van der Waals surface area contributed by atoms with Crippen LogP contribution >= 0.6 is 0 Å². The Morgan fingerprint density at radius 1 is 1.16 bits per heavy atom. The van der Waals surface area contributed by atoms with Crippen LogP contribution in [-0.4, -0.2) is 32.7 Å². The number of anilines is 1. The van der Waals surface area contributed by atoms with Crippen LogP contribution in [0.1, 0.15) is 27.2 Å². The Balaban J connectivity index is 1.76. The van der Waals surface area contributed by atoms with Crippen LogP contribution in [0.25, 0.3) is 33.4 Å². The van der Waals surface area contributed by atoms with Gasteiger partial charge in [-0.25, -0.2) is 4.79 Å². The zero-order chi connectivity index (χ0) is 22.7. The largest absolute Gasteiger partial charge is 0.493 e. The molecule has 0 unspecified atom stereocenters. The van der Waals surface area contributed by atoms with Crippen molar-refractivity contribution in [3.8, 4) is 28.3 Å². The first-order valence-electron chi connectivity index (χ1n) is 10.6. The number of carbonyl (C=O) groups excluding carboxylic acids is 1. The van der Waals surface area contributed by atoms with Crippen LogP contribution in [-0.2, 0) is 4.79 Å². The predicted molar refractivity (Wildman–Crippen MR) is 125 cm³/mol. The molecule has 32 heavy (non-hydrogen) atoms. The maximum atomic E-state index is 12.4. The second-order valence-corrected chi connectivity index (χ2v) is 7.92. The van der Waals surface area contributed by atoms with Crippen LogP contribution in [0.4, 0.5) is 5.82 Å². The van der Waals surface area contributed by atoms with E-state index in [4.69, 9.17) is 4.74 Å². The summed E-state index contributed by atoms with van der Waals surface area (Å²) in [5.41, 5.74) is 2.97. The number of amides is 1. The maximum absolute atomic E-state index is 12.4. The van der Waals surface area contributed by atoms with Crippen molar-refractivity contribution in [1.82, 2.24) is 20.2 Å². The van der Waals surface area contributed by atoms with Gasteiger partial charge in [-0.15, -0.1) is 0 Å². The number of fused-ring (bicyclic) bond motifs is 1. The van der Waals surface area contributed by atoms with Gasteiger partial charge >= 0.3 is 5.69 Å². The number of aromatic nitrogens is 4. The summed E-state index contributed by atoms with van der Waals surface area (Å²) in [6.45, 7) is 6.51. The summed E-state index contributed by atoms with van der Waals surface area (Å²) >= 11 is 0. The lowest BCUT2D eigenvalue weighted by Crippen LogP contribution is -2.12. The van der Waals surface area contributed by atoms with Crippen LogP contribution in [0.5, 0.6) is 5.75 Å². The molecule has 8 nitrogen and oxygen atoms in total. The summed E-state index contributed by atoms with van der Waals surface area (Å²) in [7, 11) is 0. The fourth-order valence-corrected chi connectivity index (χ4v) is 3.31. The van der Waals surface area contributed by atoms with Crippen LogP contribution in [0.2, 0.25) is 0 Å². The third-order valence-corrected chi connectivity index (χ3v) is 4.93. The molecule has 3 N–H and O–H groups in total. The van der Waals surface area contributed by atoms with Gasteiger partial charge in [0.15, 0.2) is 5.82 Å². The lowest BCUT2D eigenvalue weighted by molar-refractivity contribution is -0.115. The summed E-state index contributed by atoms with van der Waals surface area (Å²) in [5, 5.41) is 10.6. The van der Waals surface area contributed by atoms with Gasteiger partial charge in [0.1, 0.15) is 5.75 Å². The Labute approximate surface area is 185 Å². The molecule has 0 aliphatic rings.